The van der Waals surface area contributed by atoms with Crippen molar-refractivity contribution in [2.45, 2.75) is 51.4 Å². The highest BCUT2D eigenvalue weighted by Gasteiger charge is 2.38. The topological polar surface area (TPSA) is 52.3 Å². The summed E-state index contributed by atoms with van der Waals surface area (Å²) in [5.41, 5.74) is 9.48. The Hall–Kier alpha value is -1.26. The minimum atomic E-state index is -0.00391. The van der Waals surface area contributed by atoms with Crippen LogP contribution in [0.1, 0.15) is 49.2 Å². The third kappa shape index (κ3) is 2.18. The number of hydrogen-bond donors (Lipinski definition) is 1. The summed E-state index contributed by atoms with van der Waals surface area (Å²) in [5, 5.41) is 2.25. The monoisotopic (exact) mass is 375 g/mol. The molecule has 0 amide bonds. The zero-order valence-corrected chi connectivity index (χ0v) is 15.3. The minimum Gasteiger partial charge on any atom is -0.461 e. The van der Waals surface area contributed by atoms with Crippen LogP contribution in [0.25, 0.3) is 21.9 Å². The van der Waals surface area contributed by atoms with Crippen LogP contribution in [0.2, 0.25) is 0 Å². The molecule has 0 atom stereocenters. The van der Waals surface area contributed by atoms with Gasteiger partial charge >= 0.3 is 0 Å². The van der Waals surface area contributed by atoms with Crippen molar-refractivity contribution < 1.29 is 8.83 Å². The van der Waals surface area contributed by atoms with Gasteiger partial charge in [-0.2, -0.15) is 0 Å². The van der Waals surface area contributed by atoms with E-state index in [1.54, 1.807) is 0 Å². The van der Waals surface area contributed by atoms with Gasteiger partial charge in [-0.1, -0.05) is 19.3 Å². The molecule has 0 saturated heterocycles. The summed E-state index contributed by atoms with van der Waals surface area (Å²) in [7, 11) is 0. The van der Waals surface area contributed by atoms with Gasteiger partial charge in [0, 0.05) is 28.3 Å². The first-order valence-corrected chi connectivity index (χ1v) is 9.17. The van der Waals surface area contributed by atoms with Gasteiger partial charge < -0.3 is 14.6 Å². The van der Waals surface area contributed by atoms with E-state index in [0.717, 1.165) is 50.8 Å². The zero-order chi connectivity index (χ0) is 16.2. The predicted molar refractivity (Wildman–Crippen MR) is 97.0 cm³/mol. The first-order chi connectivity index (χ1) is 11.1. The fraction of sp³-hybridized carbons (Fsp3) is 0.474. The van der Waals surface area contributed by atoms with Crippen LogP contribution in [0.3, 0.4) is 0 Å². The maximum atomic E-state index is 6.32. The summed E-state index contributed by atoms with van der Waals surface area (Å²) >= 11 is 3.72. The van der Waals surface area contributed by atoms with Gasteiger partial charge in [0.1, 0.15) is 22.7 Å². The molecule has 122 valence electrons. The molecule has 4 heteroatoms. The lowest BCUT2D eigenvalue weighted by molar-refractivity contribution is 0.302. The van der Waals surface area contributed by atoms with Crippen LogP contribution in [-0.2, 0) is 5.41 Å². The van der Waals surface area contributed by atoms with Crippen molar-refractivity contribution in [2.24, 2.45) is 5.73 Å². The summed E-state index contributed by atoms with van der Waals surface area (Å²) in [6.45, 7) is 4.65. The van der Waals surface area contributed by atoms with Crippen LogP contribution in [0.4, 0.5) is 0 Å². The summed E-state index contributed by atoms with van der Waals surface area (Å²) in [4.78, 5) is 0. The first-order valence-electron chi connectivity index (χ1n) is 8.38. The molecule has 2 aromatic heterocycles. The average Bonchev–Trinajstić information content (AvgIpc) is 3.11. The molecule has 0 radical (unpaired) electrons. The van der Waals surface area contributed by atoms with Gasteiger partial charge in [0.2, 0.25) is 0 Å². The molecule has 0 unspecified atom stereocenters. The highest BCUT2D eigenvalue weighted by atomic mass is 79.9. The van der Waals surface area contributed by atoms with E-state index in [2.05, 4.69) is 28.1 Å². The van der Waals surface area contributed by atoms with Gasteiger partial charge in [-0.25, -0.2) is 0 Å². The predicted octanol–water partition coefficient (Wildman–Crippen LogP) is 5.72. The molecule has 2 N–H and O–H groups in total. The molecule has 0 aliphatic heterocycles. The van der Waals surface area contributed by atoms with Crippen LogP contribution in [-0.4, -0.2) is 6.54 Å². The zero-order valence-electron chi connectivity index (χ0n) is 13.7. The number of hydrogen-bond acceptors (Lipinski definition) is 3. The third-order valence-corrected chi connectivity index (χ3v) is 6.16. The van der Waals surface area contributed by atoms with Crippen LogP contribution < -0.4 is 5.73 Å². The van der Waals surface area contributed by atoms with E-state index in [4.69, 9.17) is 14.6 Å². The lowest BCUT2D eigenvalue weighted by Gasteiger charge is -2.37. The summed E-state index contributed by atoms with van der Waals surface area (Å²) in [6.07, 6.45) is 6.00. The first kappa shape index (κ1) is 15.3. The molecular formula is C19H22BrNO2. The fourth-order valence-electron chi connectivity index (χ4n) is 4.28. The molecule has 0 bridgehead atoms. The van der Waals surface area contributed by atoms with Gasteiger partial charge in [-0.05, 0) is 54.8 Å². The Kier molecular flexibility index (Phi) is 3.58. The van der Waals surface area contributed by atoms with Gasteiger partial charge in [0.05, 0.1) is 4.47 Å². The van der Waals surface area contributed by atoms with Gasteiger partial charge in [-0.3, -0.25) is 0 Å². The molecule has 1 aromatic carbocycles. The molecule has 2 heterocycles. The van der Waals surface area contributed by atoms with Gasteiger partial charge in [-0.15, -0.1) is 0 Å². The summed E-state index contributed by atoms with van der Waals surface area (Å²) in [6, 6.07) is 4.23. The smallest absolute Gasteiger partial charge is 0.149 e. The maximum absolute atomic E-state index is 6.32. The molecule has 0 spiro atoms. The Labute approximate surface area is 144 Å². The number of halogens is 1. The van der Waals surface area contributed by atoms with Crippen molar-refractivity contribution in [1.82, 2.24) is 0 Å². The van der Waals surface area contributed by atoms with Crippen molar-refractivity contribution >= 4 is 37.9 Å². The van der Waals surface area contributed by atoms with E-state index in [1.807, 2.05) is 13.8 Å². The van der Waals surface area contributed by atoms with Crippen LogP contribution in [0.15, 0.2) is 25.4 Å². The van der Waals surface area contributed by atoms with Gasteiger partial charge in [0.15, 0.2) is 0 Å². The Morgan fingerprint density at radius 1 is 1.00 bits per heavy atom. The quantitative estimate of drug-likeness (QED) is 0.622. The van der Waals surface area contributed by atoms with Crippen LogP contribution >= 0.6 is 15.9 Å². The number of aryl methyl sites for hydroxylation is 2. The molecule has 1 fully saturated rings. The van der Waals surface area contributed by atoms with E-state index >= 15 is 0 Å². The second-order valence-electron chi connectivity index (χ2n) is 6.93. The summed E-state index contributed by atoms with van der Waals surface area (Å²) in [5.74, 6) is 1.85. The van der Waals surface area contributed by atoms with Gasteiger partial charge in [0.25, 0.3) is 0 Å². The Morgan fingerprint density at radius 3 is 2.26 bits per heavy atom. The average molecular weight is 376 g/mol. The van der Waals surface area contributed by atoms with E-state index in [9.17, 15) is 0 Å². The molecule has 1 aliphatic carbocycles. The number of fused-ring (bicyclic) bond motifs is 2. The van der Waals surface area contributed by atoms with Crippen molar-refractivity contribution in [1.29, 1.82) is 0 Å². The highest BCUT2D eigenvalue weighted by Crippen LogP contribution is 2.48. The summed E-state index contributed by atoms with van der Waals surface area (Å²) < 4.78 is 13.1. The number of benzene rings is 1. The Bertz CT molecular complexity index is 826. The molecule has 23 heavy (non-hydrogen) atoms. The normalized spacial score (nSPS) is 18.1. The van der Waals surface area contributed by atoms with E-state index < -0.39 is 0 Å². The standard InChI is InChI=1S/C19H22BrNO2/c1-11-8-13-15(19(10-21)6-4-3-5-7-19)17-14(9-12(2)22-17)16(20)18(13)23-11/h8-9H,3-7,10,21H2,1-2H3. The Morgan fingerprint density at radius 2 is 1.61 bits per heavy atom. The third-order valence-electron chi connectivity index (χ3n) is 5.37. The second kappa shape index (κ2) is 5.38. The second-order valence-corrected chi connectivity index (χ2v) is 7.73. The van der Waals surface area contributed by atoms with E-state index in [0.29, 0.717) is 6.54 Å². The largest absolute Gasteiger partial charge is 0.461 e. The molecule has 3 aromatic rings. The highest BCUT2D eigenvalue weighted by molar-refractivity contribution is 9.10. The maximum Gasteiger partial charge on any atom is 0.149 e. The number of rotatable bonds is 2. The molecule has 1 saturated carbocycles. The van der Waals surface area contributed by atoms with Crippen molar-refractivity contribution in [2.75, 3.05) is 6.54 Å². The lowest BCUT2D eigenvalue weighted by Crippen LogP contribution is -2.37. The minimum absolute atomic E-state index is 0.00391. The number of nitrogens with two attached hydrogens (primary N) is 1. The van der Waals surface area contributed by atoms with Crippen molar-refractivity contribution in [3.8, 4) is 0 Å². The number of furan rings is 2. The van der Waals surface area contributed by atoms with Crippen molar-refractivity contribution in [3.05, 3.63) is 33.7 Å². The molecule has 4 rings (SSSR count). The fourth-order valence-corrected chi connectivity index (χ4v) is 4.87. The molecule has 1 aliphatic rings. The van der Waals surface area contributed by atoms with Crippen LogP contribution in [0, 0.1) is 13.8 Å². The molecule has 3 nitrogen and oxygen atoms in total. The lowest BCUT2D eigenvalue weighted by atomic mass is 9.68. The molecular weight excluding hydrogens is 354 g/mol. The van der Waals surface area contributed by atoms with Crippen LogP contribution in [0.5, 0.6) is 0 Å². The van der Waals surface area contributed by atoms with Crippen molar-refractivity contribution in [3.63, 3.8) is 0 Å². The Balaban J connectivity index is 2.15. The SMILES string of the molecule is Cc1cc2c(C3(CN)CCCCC3)c3oc(C)cc3c(Br)c2o1. The van der Waals surface area contributed by atoms with E-state index in [-0.39, 0.29) is 5.41 Å². The van der Waals surface area contributed by atoms with E-state index in [1.165, 1.54) is 24.8 Å².